The average Bonchev–Trinajstić information content (AvgIpc) is 3.39. The summed E-state index contributed by atoms with van der Waals surface area (Å²) in [5.74, 6) is -2.34. The molecule has 0 spiro atoms. The summed E-state index contributed by atoms with van der Waals surface area (Å²) in [6.45, 7) is 1.64. The van der Waals surface area contributed by atoms with Gasteiger partial charge in [0, 0.05) is 23.6 Å². The topological polar surface area (TPSA) is 115 Å². The number of rotatable bonds is 7. The summed E-state index contributed by atoms with van der Waals surface area (Å²) in [6, 6.07) is 15.6. The minimum atomic E-state index is -1.12. The molecule has 0 radical (unpaired) electrons. The van der Waals surface area contributed by atoms with Gasteiger partial charge >= 0.3 is 0 Å². The van der Waals surface area contributed by atoms with Crippen LogP contribution in [0.3, 0.4) is 0 Å². The molecule has 0 bridgehead atoms. The van der Waals surface area contributed by atoms with Gasteiger partial charge in [0.15, 0.2) is 5.89 Å². The Labute approximate surface area is 181 Å². The molecule has 0 aliphatic carbocycles. The fourth-order valence-electron chi connectivity index (χ4n) is 3.40. The molecule has 4 rings (SSSR count). The Morgan fingerprint density at radius 3 is 2.61 bits per heavy atom. The molecule has 1 unspecified atom stereocenters. The van der Waals surface area contributed by atoms with Crippen molar-refractivity contribution in [1.29, 1.82) is 0 Å². The number of Topliss-reactive ketones (excluding diaryl/α,β-unsaturated/α-hetero) is 1. The number of carbonyl (C=O) groups is 3. The maximum atomic E-state index is 13.1. The van der Waals surface area contributed by atoms with Crippen LogP contribution in [0.2, 0.25) is 0 Å². The van der Waals surface area contributed by atoms with E-state index in [4.69, 9.17) is 10.2 Å². The van der Waals surface area contributed by atoms with Crippen molar-refractivity contribution < 1.29 is 18.8 Å². The smallest absolute Gasteiger partial charge is 0.290 e. The number of nitrogens with two attached hydrogens (primary N) is 1. The molecule has 0 fully saturated rings. The van der Waals surface area contributed by atoms with Gasteiger partial charge in [-0.1, -0.05) is 48.5 Å². The molecule has 0 aliphatic rings. The lowest BCUT2D eigenvalue weighted by atomic mass is 10.0. The Bertz CT molecular complexity index is 1280. The van der Waals surface area contributed by atoms with Crippen molar-refractivity contribution in [3.8, 4) is 11.3 Å². The first kappa shape index (κ1) is 20.5. The van der Waals surface area contributed by atoms with Crippen molar-refractivity contribution in [2.45, 2.75) is 19.4 Å². The van der Waals surface area contributed by atoms with Gasteiger partial charge in [0.2, 0.25) is 11.5 Å². The first-order valence-corrected chi connectivity index (χ1v) is 10.4. The van der Waals surface area contributed by atoms with E-state index in [1.165, 1.54) is 11.3 Å². The van der Waals surface area contributed by atoms with E-state index >= 15 is 0 Å². The first-order chi connectivity index (χ1) is 14.9. The van der Waals surface area contributed by atoms with E-state index in [-0.39, 0.29) is 12.2 Å². The predicted molar refractivity (Wildman–Crippen MR) is 118 cm³/mol. The quantitative estimate of drug-likeness (QED) is 0.434. The molecular formula is C23H19N3O4S. The molecular weight excluding hydrogens is 414 g/mol. The minimum absolute atomic E-state index is 0.0197. The predicted octanol–water partition coefficient (Wildman–Crippen LogP) is 3.26. The van der Waals surface area contributed by atoms with Crippen LogP contribution < -0.4 is 11.1 Å². The Balaban J connectivity index is 1.68. The van der Waals surface area contributed by atoms with Gasteiger partial charge < -0.3 is 15.5 Å². The van der Waals surface area contributed by atoms with E-state index in [1.54, 1.807) is 19.1 Å². The number of nitrogens with one attached hydrogen (secondary N) is 1. The Hall–Kier alpha value is -3.78. The second-order valence-electron chi connectivity index (χ2n) is 7.00. The number of nitrogens with zero attached hydrogens (tertiary/aromatic N) is 1. The number of oxazole rings is 1. The van der Waals surface area contributed by atoms with Crippen LogP contribution in [0.1, 0.15) is 22.0 Å². The summed E-state index contributed by atoms with van der Waals surface area (Å²) in [7, 11) is 0. The molecule has 7 nitrogen and oxygen atoms in total. The molecule has 2 amide bonds. The van der Waals surface area contributed by atoms with E-state index in [9.17, 15) is 14.4 Å². The Morgan fingerprint density at radius 2 is 1.87 bits per heavy atom. The third-order valence-corrected chi connectivity index (χ3v) is 5.79. The summed E-state index contributed by atoms with van der Waals surface area (Å²) in [5, 5.41) is 5.60. The van der Waals surface area contributed by atoms with Crippen molar-refractivity contribution in [3.05, 3.63) is 77.2 Å². The first-order valence-electron chi connectivity index (χ1n) is 9.56. The monoisotopic (exact) mass is 433 g/mol. The minimum Gasteiger partial charge on any atom is -0.435 e. The van der Waals surface area contributed by atoms with Crippen LogP contribution in [0.25, 0.3) is 21.3 Å². The van der Waals surface area contributed by atoms with E-state index in [0.717, 1.165) is 21.2 Å². The lowest BCUT2D eigenvalue weighted by molar-refractivity contribution is -0.137. The number of thiophene rings is 1. The zero-order valence-electron chi connectivity index (χ0n) is 16.6. The molecule has 3 N–H and O–H groups in total. The van der Waals surface area contributed by atoms with Crippen molar-refractivity contribution in [2.75, 3.05) is 0 Å². The fraction of sp³-hybridized carbons (Fsp3) is 0.130. The largest absolute Gasteiger partial charge is 0.435 e. The SMILES string of the molecule is Cc1nc(-c2cccc3ccsc23)c(C(=O)NC(Cc2ccccc2)C(=O)C(N)=O)o1. The molecule has 1 atom stereocenters. The highest BCUT2D eigenvalue weighted by atomic mass is 32.1. The van der Waals surface area contributed by atoms with Crippen LogP contribution >= 0.6 is 11.3 Å². The maximum Gasteiger partial charge on any atom is 0.290 e. The molecule has 0 aliphatic heterocycles. The average molecular weight is 433 g/mol. The number of aromatic nitrogens is 1. The van der Waals surface area contributed by atoms with Crippen LogP contribution in [0.15, 0.2) is 64.4 Å². The molecule has 8 heteroatoms. The van der Waals surface area contributed by atoms with Crippen LogP contribution in [0.4, 0.5) is 0 Å². The summed E-state index contributed by atoms with van der Waals surface area (Å²) < 4.78 is 6.57. The standard InChI is InChI=1S/C23H19N3O4S/c1-13-25-18(16-9-5-8-15-10-11-31-21(15)16)20(30-13)23(29)26-17(19(27)22(24)28)12-14-6-3-2-4-7-14/h2-11,17H,12H2,1H3,(H2,24,28)(H,26,29). The van der Waals surface area contributed by atoms with E-state index in [1.807, 2.05) is 47.8 Å². The molecule has 2 aromatic carbocycles. The molecule has 0 saturated heterocycles. The van der Waals surface area contributed by atoms with E-state index in [0.29, 0.717) is 11.6 Å². The summed E-state index contributed by atoms with van der Waals surface area (Å²) in [6.07, 6.45) is 0.122. The summed E-state index contributed by atoms with van der Waals surface area (Å²) in [4.78, 5) is 41.4. The maximum absolute atomic E-state index is 13.1. The third kappa shape index (κ3) is 4.24. The number of hydrogen-bond donors (Lipinski definition) is 2. The highest BCUT2D eigenvalue weighted by molar-refractivity contribution is 7.17. The molecule has 0 saturated carbocycles. The van der Waals surface area contributed by atoms with Crippen LogP contribution in [0.5, 0.6) is 0 Å². The molecule has 2 heterocycles. The number of carbonyl (C=O) groups excluding carboxylic acids is 3. The number of hydrogen-bond acceptors (Lipinski definition) is 6. The lowest BCUT2D eigenvalue weighted by Gasteiger charge is -2.16. The van der Waals surface area contributed by atoms with Crippen LogP contribution in [0, 0.1) is 6.92 Å². The van der Waals surface area contributed by atoms with Gasteiger partial charge in [0.1, 0.15) is 11.7 Å². The second-order valence-corrected chi connectivity index (χ2v) is 7.92. The fourth-order valence-corrected chi connectivity index (χ4v) is 4.31. The van der Waals surface area contributed by atoms with Gasteiger partial charge in [-0.05, 0) is 22.4 Å². The molecule has 4 aromatic rings. The highest BCUT2D eigenvalue weighted by Gasteiger charge is 2.29. The normalized spacial score (nSPS) is 11.9. The number of aryl methyl sites for hydroxylation is 1. The number of benzene rings is 2. The van der Waals surface area contributed by atoms with Gasteiger partial charge in [-0.3, -0.25) is 14.4 Å². The summed E-state index contributed by atoms with van der Waals surface area (Å²) in [5.41, 5.74) is 7.13. The van der Waals surface area contributed by atoms with Gasteiger partial charge in [-0.2, -0.15) is 0 Å². The second kappa shape index (κ2) is 8.53. The third-order valence-electron chi connectivity index (χ3n) is 4.82. The number of amides is 2. The van der Waals surface area contributed by atoms with Crippen molar-refractivity contribution in [3.63, 3.8) is 0 Å². The number of primary amides is 1. The molecule has 31 heavy (non-hydrogen) atoms. The Kier molecular flexibility index (Phi) is 5.64. The van der Waals surface area contributed by atoms with Gasteiger partial charge in [0.05, 0.1) is 0 Å². The zero-order valence-corrected chi connectivity index (χ0v) is 17.4. The molecule has 2 aromatic heterocycles. The van der Waals surface area contributed by atoms with Crippen LogP contribution in [-0.4, -0.2) is 28.6 Å². The van der Waals surface area contributed by atoms with Crippen LogP contribution in [-0.2, 0) is 16.0 Å². The van der Waals surface area contributed by atoms with E-state index < -0.39 is 23.6 Å². The highest BCUT2D eigenvalue weighted by Crippen LogP contribution is 2.34. The van der Waals surface area contributed by atoms with Crippen molar-refractivity contribution in [2.24, 2.45) is 5.73 Å². The number of fused-ring (bicyclic) bond motifs is 1. The van der Waals surface area contributed by atoms with Gasteiger partial charge in [-0.15, -0.1) is 11.3 Å². The molecule has 156 valence electrons. The number of ketones is 1. The summed E-state index contributed by atoms with van der Waals surface area (Å²) >= 11 is 1.53. The van der Waals surface area contributed by atoms with Crippen molar-refractivity contribution in [1.82, 2.24) is 10.3 Å². The Morgan fingerprint density at radius 1 is 1.10 bits per heavy atom. The van der Waals surface area contributed by atoms with Gasteiger partial charge in [0.25, 0.3) is 11.8 Å². The van der Waals surface area contributed by atoms with Gasteiger partial charge in [-0.25, -0.2) is 4.98 Å². The lowest BCUT2D eigenvalue weighted by Crippen LogP contribution is -2.47. The van der Waals surface area contributed by atoms with E-state index in [2.05, 4.69) is 10.3 Å². The zero-order chi connectivity index (χ0) is 22.0. The van der Waals surface area contributed by atoms with Crippen molar-refractivity contribution >= 4 is 39.0 Å².